The minimum Gasteiger partial charge on any atom is -0.392 e. The Bertz CT molecular complexity index is 330. The molecule has 1 aliphatic rings. The Morgan fingerprint density at radius 3 is 2.44 bits per heavy atom. The number of hydrogen-bond donors (Lipinski definition) is 2. The first-order valence-electron chi connectivity index (χ1n) is 5.51. The molecule has 1 rings (SSSR count). The number of halogens is 3. The van der Waals surface area contributed by atoms with Crippen LogP contribution in [-0.4, -0.2) is 36.8 Å². The van der Waals surface area contributed by atoms with Gasteiger partial charge in [0.1, 0.15) is 6.61 Å². The normalized spacial score (nSPS) is 17.9. The van der Waals surface area contributed by atoms with Gasteiger partial charge in [0.05, 0.1) is 17.0 Å². The van der Waals surface area contributed by atoms with Crippen LogP contribution in [0.4, 0.5) is 13.2 Å². The van der Waals surface area contributed by atoms with Crippen LogP contribution in [-0.2, 0) is 9.53 Å². The highest BCUT2D eigenvalue weighted by molar-refractivity contribution is 7.80. The summed E-state index contributed by atoms with van der Waals surface area (Å²) in [5, 5.41) is 2.49. The number of ether oxygens (including phenoxy) is 1. The summed E-state index contributed by atoms with van der Waals surface area (Å²) in [5.41, 5.74) is 4.71. The van der Waals surface area contributed by atoms with E-state index in [4.69, 9.17) is 18.0 Å². The van der Waals surface area contributed by atoms with Crippen molar-refractivity contribution in [2.75, 3.05) is 19.8 Å². The predicted octanol–water partition coefficient (Wildman–Crippen LogP) is 1.14. The van der Waals surface area contributed by atoms with Gasteiger partial charge in [0.25, 0.3) is 0 Å². The molecule has 1 amide bonds. The molecule has 0 heterocycles. The van der Waals surface area contributed by atoms with Gasteiger partial charge in [-0.3, -0.25) is 4.79 Å². The predicted molar refractivity (Wildman–Crippen MR) is 63.0 cm³/mol. The van der Waals surface area contributed by atoms with Crippen molar-refractivity contribution >= 4 is 23.1 Å². The van der Waals surface area contributed by atoms with Gasteiger partial charge < -0.3 is 15.8 Å². The van der Waals surface area contributed by atoms with Crippen molar-refractivity contribution in [3.8, 4) is 0 Å². The number of nitrogens with one attached hydrogen (secondary N) is 1. The molecule has 104 valence electrons. The first-order chi connectivity index (χ1) is 8.28. The van der Waals surface area contributed by atoms with Crippen LogP contribution in [0.25, 0.3) is 0 Å². The van der Waals surface area contributed by atoms with Crippen LogP contribution in [0.15, 0.2) is 0 Å². The van der Waals surface area contributed by atoms with E-state index in [2.05, 4.69) is 10.1 Å². The lowest BCUT2D eigenvalue weighted by molar-refractivity contribution is -0.173. The molecule has 0 aliphatic heterocycles. The second kappa shape index (κ2) is 5.83. The first-order valence-corrected chi connectivity index (χ1v) is 5.91. The number of thiocarbonyl (C=S) groups is 1. The topological polar surface area (TPSA) is 64.4 Å². The highest BCUT2D eigenvalue weighted by Gasteiger charge is 2.46. The summed E-state index contributed by atoms with van der Waals surface area (Å²) in [6.07, 6.45) is -2.29. The fraction of sp³-hybridized carbons (Fsp3) is 0.800. The summed E-state index contributed by atoms with van der Waals surface area (Å²) < 4.78 is 39.6. The maximum Gasteiger partial charge on any atom is 0.411 e. The highest BCUT2D eigenvalue weighted by atomic mass is 32.1. The van der Waals surface area contributed by atoms with Gasteiger partial charge in [-0.05, 0) is 12.8 Å². The molecule has 0 aromatic carbocycles. The number of hydrogen-bond acceptors (Lipinski definition) is 3. The second-order valence-electron chi connectivity index (χ2n) is 4.22. The summed E-state index contributed by atoms with van der Waals surface area (Å²) in [4.78, 5) is 11.9. The van der Waals surface area contributed by atoms with Gasteiger partial charge in [-0.25, -0.2) is 0 Å². The van der Waals surface area contributed by atoms with Crippen molar-refractivity contribution in [3.05, 3.63) is 0 Å². The molecule has 0 radical (unpaired) electrons. The standard InChI is InChI=1S/C10H15F3N2O2S/c11-10(12,13)6-17-5-4-15-8(16)9(7(14)18)2-1-3-9/h1-6H2,(H2,14,18)(H,15,16). The Hall–Kier alpha value is -0.890. The van der Waals surface area contributed by atoms with Crippen LogP contribution in [0.1, 0.15) is 19.3 Å². The molecule has 3 N–H and O–H groups in total. The van der Waals surface area contributed by atoms with E-state index in [0.717, 1.165) is 6.42 Å². The lowest BCUT2D eigenvalue weighted by atomic mass is 9.68. The summed E-state index contributed by atoms with van der Waals surface area (Å²) in [7, 11) is 0. The van der Waals surface area contributed by atoms with E-state index < -0.39 is 18.2 Å². The Labute approximate surface area is 108 Å². The molecule has 0 bridgehead atoms. The summed E-state index contributed by atoms with van der Waals surface area (Å²) in [6, 6.07) is 0. The fourth-order valence-corrected chi connectivity index (χ4v) is 2.01. The smallest absolute Gasteiger partial charge is 0.392 e. The lowest BCUT2D eigenvalue weighted by Crippen LogP contribution is -2.53. The molecule has 4 nitrogen and oxygen atoms in total. The zero-order chi connectivity index (χ0) is 13.8. The van der Waals surface area contributed by atoms with Crippen molar-refractivity contribution in [1.82, 2.24) is 5.32 Å². The van der Waals surface area contributed by atoms with Gasteiger partial charge in [0, 0.05) is 6.54 Å². The van der Waals surface area contributed by atoms with E-state index >= 15 is 0 Å². The molecule has 1 saturated carbocycles. The molecular weight excluding hydrogens is 269 g/mol. The van der Waals surface area contributed by atoms with Crippen molar-refractivity contribution in [2.24, 2.45) is 11.1 Å². The third-order valence-corrected chi connectivity index (χ3v) is 3.30. The quantitative estimate of drug-likeness (QED) is 0.567. The average Bonchev–Trinajstić information content (AvgIpc) is 2.12. The minimum absolute atomic E-state index is 0.0132. The Balaban J connectivity index is 2.23. The van der Waals surface area contributed by atoms with Crippen LogP contribution < -0.4 is 11.1 Å². The molecule has 1 aliphatic carbocycles. The number of rotatable bonds is 6. The minimum atomic E-state index is -4.35. The highest BCUT2D eigenvalue weighted by Crippen LogP contribution is 2.41. The summed E-state index contributed by atoms with van der Waals surface area (Å²) >= 11 is 4.84. The molecule has 0 unspecified atom stereocenters. The number of nitrogens with two attached hydrogens (primary N) is 1. The Morgan fingerprint density at radius 2 is 2.06 bits per heavy atom. The molecule has 0 atom stereocenters. The number of carbonyl (C=O) groups is 1. The van der Waals surface area contributed by atoms with Crippen LogP contribution >= 0.6 is 12.2 Å². The molecule has 18 heavy (non-hydrogen) atoms. The Kier molecular flexibility index (Phi) is 4.92. The van der Waals surface area contributed by atoms with Crippen LogP contribution in [0.2, 0.25) is 0 Å². The second-order valence-corrected chi connectivity index (χ2v) is 4.66. The summed E-state index contributed by atoms with van der Waals surface area (Å²) in [5.74, 6) is -0.322. The van der Waals surface area contributed by atoms with Gasteiger partial charge in [-0.15, -0.1) is 0 Å². The molecule has 8 heteroatoms. The van der Waals surface area contributed by atoms with Gasteiger partial charge in [-0.2, -0.15) is 13.2 Å². The van der Waals surface area contributed by atoms with Crippen LogP contribution in [0.5, 0.6) is 0 Å². The first kappa shape index (κ1) is 15.2. The third-order valence-electron chi connectivity index (χ3n) is 2.91. The van der Waals surface area contributed by atoms with Crippen molar-refractivity contribution < 1.29 is 22.7 Å². The van der Waals surface area contributed by atoms with Crippen molar-refractivity contribution in [2.45, 2.75) is 25.4 Å². The van der Waals surface area contributed by atoms with Gasteiger partial charge in [-0.1, -0.05) is 18.6 Å². The van der Waals surface area contributed by atoms with Crippen LogP contribution in [0, 0.1) is 5.41 Å². The molecular formula is C10H15F3N2O2S. The van der Waals surface area contributed by atoms with Crippen molar-refractivity contribution in [1.29, 1.82) is 0 Å². The van der Waals surface area contributed by atoms with E-state index in [1.54, 1.807) is 0 Å². The molecule has 1 fully saturated rings. The number of alkyl halides is 3. The zero-order valence-electron chi connectivity index (χ0n) is 9.68. The van der Waals surface area contributed by atoms with Gasteiger partial charge in [0.15, 0.2) is 0 Å². The van der Waals surface area contributed by atoms with E-state index in [1.807, 2.05) is 0 Å². The van der Waals surface area contributed by atoms with Crippen LogP contribution in [0.3, 0.4) is 0 Å². The number of amides is 1. The van der Waals surface area contributed by atoms with E-state index in [9.17, 15) is 18.0 Å². The monoisotopic (exact) mass is 284 g/mol. The maximum atomic E-state index is 11.8. The third kappa shape index (κ3) is 3.81. The van der Waals surface area contributed by atoms with E-state index in [1.165, 1.54) is 0 Å². The van der Waals surface area contributed by atoms with Gasteiger partial charge >= 0.3 is 6.18 Å². The molecule has 0 saturated heterocycles. The fourth-order valence-electron chi connectivity index (χ4n) is 1.71. The Morgan fingerprint density at radius 1 is 1.44 bits per heavy atom. The zero-order valence-corrected chi connectivity index (χ0v) is 10.5. The SMILES string of the molecule is NC(=S)C1(C(=O)NCCOCC(F)(F)F)CCC1. The molecule has 0 aromatic rings. The average molecular weight is 284 g/mol. The lowest BCUT2D eigenvalue weighted by Gasteiger charge is -2.39. The van der Waals surface area contributed by atoms with Gasteiger partial charge in [0.2, 0.25) is 5.91 Å². The molecule has 0 aromatic heterocycles. The summed E-state index contributed by atoms with van der Waals surface area (Å²) in [6.45, 7) is -1.50. The molecule has 0 spiro atoms. The van der Waals surface area contributed by atoms with E-state index in [-0.39, 0.29) is 24.0 Å². The maximum absolute atomic E-state index is 11.8. The largest absolute Gasteiger partial charge is 0.411 e. The van der Waals surface area contributed by atoms with Crippen molar-refractivity contribution in [3.63, 3.8) is 0 Å². The van der Waals surface area contributed by atoms with E-state index in [0.29, 0.717) is 12.8 Å². The number of carbonyl (C=O) groups excluding carboxylic acids is 1.